The van der Waals surface area contributed by atoms with Crippen LogP contribution in [-0.2, 0) is 6.61 Å². The molecule has 0 fully saturated rings. The lowest BCUT2D eigenvalue weighted by Gasteiger charge is -2.09. The normalized spacial score (nSPS) is 12.0. The molecule has 0 radical (unpaired) electrons. The van der Waals surface area contributed by atoms with E-state index in [1.807, 2.05) is 26.0 Å². The van der Waals surface area contributed by atoms with Crippen molar-refractivity contribution in [2.45, 2.75) is 32.9 Å². The molecule has 0 saturated heterocycles. The van der Waals surface area contributed by atoms with Crippen molar-refractivity contribution >= 4 is 17.5 Å². The van der Waals surface area contributed by atoms with Crippen molar-refractivity contribution in [1.82, 2.24) is 5.32 Å². The molecule has 2 aromatic rings. The molecule has 1 amide bonds. The third-order valence-corrected chi connectivity index (χ3v) is 3.39. The predicted molar refractivity (Wildman–Crippen MR) is 81.7 cm³/mol. The number of para-hydroxylation sites is 1. The minimum atomic E-state index is -0.214. The van der Waals surface area contributed by atoms with Crippen LogP contribution in [0.2, 0.25) is 5.02 Å². The van der Waals surface area contributed by atoms with Gasteiger partial charge in [-0.3, -0.25) is 4.79 Å². The van der Waals surface area contributed by atoms with Gasteiger partial charge in [0.25, 0.3) is 5.91 Å². The Morgan fingerprint density at radius 3 is 2.81 bits per heavy atom. The third-order valence-electron chi connectivity index (χ3n) is 3.08. The van der Waals surface area contributed by atoms with Crippen LogP contribution in [0.5, 0.6) is 5.75 Å². The van der Waals surface area contributed by atoms with Crippen molar-refractivity contribution < 1.29 is 13.9 Å². The second kappa shape index (κ2) is 7.18. The molecular formula is C16H18ClNO3. The number of benzene rings is 1. The van der Waals surface area contributed by atoms with E-state index in [1.54, 1.807) is 24.3 Å². The van der Waals surface area contributed by atoms with Crippen molar-refractivity contribution in [2.75, 3.05) is 0 Å². The van der Waals surface area contributed by atoms with Gasteiger partial charge in [0.05, 0.1) is 5.02 Å². The van der Waals surface area contributed by atoms with Crippen LogP contribution in [0.3, 0.4) is 0 Å². The number of carbonyl (C=O) groups excluding carboxylic acids is 1. The Hall–Kier alpha value is -1.94. The maximum Gasteiger partial charge on any atom is 0.287 e. The molecule has 0 aliphatic heterocycles. The van der Waals surface area contributed by atoms with E-state index in [2.05, 4.69) is 5.32 Å². The van der Waals surface area contributed by atoms with Crippen molar-refractivity contribution in [3.63, 3.8) is 0 Å². The zero-order chi connectivity index (χ0) is 15.2. The maximum atomic E-state index is 11.9. The van der Waals surface area contributed by atoms with Gasteiger partial charge >= 0.3 is 0 Å². The number of hydrogen-bond acceptors (Lipinski definition) is 3. The van der Waals surface area contributed by atoms with Crippen LogP contribution in [0.4, 0.5) is 0 Å². The Morgan fingerprint density at radius 2 is 2.10 bits per heavy atom. The van der Waals surface area contributed by atoms with Gasteiger partial charge in [-0.2, -0.15) is 0 Å². The molecule has 4 nitrogen and oxygen atoms in total. The fourth-order valence-corrected chi connectivity index (χ4v) is 1.88. The molecule has 1 unspecified atom stereocenters. The van der Waals surface area contributed by atoms with E-state index in [1.165, 1.54) is 0 Å². The second-order valence-electron chi connectivity index (χ2n) is 4.77. The molecule has 0 bridgehead atoms. The standard InChI is InChI=1S/C16H18ClNO3/c1-3-11(2)18-16(19)15-9-8-12(21-15)10-20-14-7-5-4-6-13(14)17/h4-9,11H,3,10H2,1-2H3,(H,18,19). The summed E-state index contributed by atoms with van der Waals surface area (Å²) >= 11 is 6.00. The van der Waals surface area contributed by atoms with E-state index in [0.717, 1.165) is 6.42 Å². The molecule has 0 saturated carbocycles. The number of nitrogens with one attached hydrogen (secondary N) is 1. The van der Waals surface area contributed by atoms with Crippen LogP contribution in [0, 0.1) is 0 Å². The summed E-state index contributed by atoms with van der Waals surface area (Å²) in [4.78, 5) is 11.9. The van der Waals surface area contributed by atoms with Crippen LogP contribution in [-0.4, -0.2) is 11.9 Å². The molecule has 1 aromatic carbocycles. The number of carbonyl (C=O) groups is 1. The van der Waals surface area contributed by atoms with Crippen LogP contribution in [0.15, 0.2) is 40.8 Å². The first-order valence-corrected chi connectivity index (χ1v) is 7.25. The van der Waals surface area contributed by atoms with E-state index < -0.39 is 0 Å². The topological polar surface area (TPSA) is 51.5 Å². The first kappa shape index (κ1) is 15.4. The lowest BCUT2D eigenvalue weighted by Crippen LogP contribution is -2.31. The molecule has 2 rings (SSSR count). The van der Waals surface area contributed by atoms with E-state index in [9.17, 15) is 4.79 Å². The Kier molecular flexibility index (Phi) is 5.28. The second-order valence-corrected chi connectivity index (χ2v) is 5.18. The predicted octanol–water partition coefficient (Wildman–Crippen LogP) is 4.04. The molecule has 0 spiro atoms. The van der Waals surface area contributed by atoms with Crippen LogP contribution in [0.1, 0.15) is 36.6 Å². The zero-order valence-corrected chi connectivity index (χ0v) is 12.8. The fraction of sp³-hybridized carbons (Fsp3) is 0.312. The van der Waals surface area contributed by atoms with E-state index in [-0.39, 0.29) is 24.3 Å². The van der Waals surface area contributed by atoms with Crippen LogP contribution in [0.25, 0.3) is 0 Å². The zero-order valence-electron chi connectivity index (χ0n) is 12.1. The summed E-state index contributed by atoms with van der Waals surface area (Å²) in [5, 5.41) is 3.39. The highest BCUT2D eigenvalue weighted by atomic mass is 35.5. The number of hydrogen-bond donors (Lipinski definition) is 1. The van der Waals surface area contributed by atoms with Crippen LogP contribution < -0.4 is 10.1 Å². The molecule has 112 valence electrons. The highest BCUT2D eigenvalue weighted by molar-refractivity contribution is 6.32. The summed E-state index contributed by atoms with van der Waals surface area (Å²) in [6, 6.07) is 10.7. The fourth-order valence-electron chi connectivity index (χ4n) is 1.69. The summed E-state index contributed by atoms with van der Waals surface area (Å²) in [5.74, 6) is 1.23. The number of ether oxygens (including phenoxy) is 1. The third kappa shape index (κ3) is 4.26. The van der Waals surface area contributed by atoms with Gasteiger partial charge in [0, 0.05) is 6.04 Å². The monoisotopic (exact) mass is 307 g/mol. The maximum absolute atomic E-state index is 11.9. The summed E-state index contributed by atoms with van der Waals surface area (Å²) < 4.78 is 11.0. The summed E-state index contributed by atoms with van der Waals surface area (Å²) in [7, 11) is 0. The van der Waals surface area contributed by atoms with Gasteiger partial charge in [-0.1, -0.05) is 30.7 Å². The van der Waals surface area contributed by atoms with Crippen molar-refractivity contribution in [3.8, 4) is 5.75 Å². The summed E-state index contributed by atoms with van der Waals surface area (Å²) in [6.45, 7) is 4.18. The molecule has 1 atom stereocenters. The van der Waals surface area contributed by atoms with E-state index in [4.69, 9.17) is 20.8 Å². The van der Waals surface area contributed by atoms with E-state index >= 15 is 0 Å². The number of rotatable bonds is 6. The quantitative estimate of drug-likeness (QED) is 0.876. The number of amides is 1. The molecule has 0 aliphatic carbocycles. The van der Waals surface area contributed by atoms with Gasteiger partial charge in [0.1, 0.15) is 18.1 Å². The Balaban J connectivity index is 1.94. The first-order chi connectivity index (χ1) is 10.1. The minimum Gasteiger partial charge on any atom is -0.484 e. The molecule has 5 heteroatoms. The van der Waals surface area contributed by atoms with Gasteiger partial charge in [-0.15, -0.1) is 0 Å². The largest absolute Gasteiger partial charge is 0.484 e. The average molecular weight is 308 g/mol. The molecule has 1 aromatic heterocycles. The molecule has 21 heavy (non-hydrogen) atoms. The van der Waals surface area contributed by atoms with Gasteiger partial charge in [-0.25, -0.2) is 0 Å². The number of halogens is 1. The van der Waals surface area contributed by atoms with Crippen molar-refractivity contribution in [2.24, 2.45) is 0 Å². The molecule has 0 aliphatic rings. The lowest BCUT2D eigenvalue weighted by molar-refractivity contribution is 0.0907. The Bertz CT molecular complexity index is 609. The molecular weight excluding hydrogens is 290 g/mol. The Morgan fingerprint density at radius 1 is 1.33 bits per heavy atom. The van der Waals surface area contributed by atoms with Crippen molar-refractivity contribution in [3.05, 3.63) is 52.9 Å². The van der Waals surface area contributed by atoms with Crippen molar-refractivity contribution in [1.29, 1.82) is 0 Å². The summed E-state index contributed by atoms with van der Waals surface area (Å²) in [6.07, 6.45) is 0.870. The lowest BCUT2D eigenvalue weighted by atomic mass is 10.2. The highest BCUT2D eigenvalue weighted by Gasteiger charge is 2.13. The summed E-state index contributed by atoms with van der Waals surface area (Å²) in [5.41, 5.74) is 0. The van der Waals surface area contributed by atoms with Gasteiger partial charge in [0.15, 0.2) is 5.76 Å². The van der Waals surface area contributed by atoms with E-state index in [0.29, 0.717) is 16.5 Å². The van der Waals surface area contributed by atoms with Gasteiger partial charge < -0.3 is 14.5 Å². The Labute approximate surface area is 129 Å². The average Bonchev–Trinajstić information content (AvgIpc) is 2.95. The highest BCUT2D eigenvalue weighted by Crippen LogP contribution is 2.24. The molecule has 1 N–H and O–H groups in total. The minimum absolute atomic E-state index is 0.116. The smallest absolute Gasteiger partial charge is 0.287 e. The molecule has 1 heterocycles. The van der Waals surface area contributed by atoms with Crippen LogP contribution >= 0.6 is 11.6 Å². The number of furan rings is 1. The van der Waals surface area contributed by atoms with Gasteiger partial charge in [-0.05, 0) is 37.6 Å². The van der Waals surface area contributed by atoms with Gasteiger partial charge in [0.2, 0.25) is 0 Å². The first-order valence-electron chi connectivity index (χ1n) is 6.87. The SMILES string of the molecule is CCC(C)NC(=O)c1ccc(COc2ccccc2Cl)o1.